The van der Waals surface area contributed by atoms with Crippen molar-refractivity contribution in [2.75, 3.05) is 7.11 Å². The van der Waals surface area contributed by atoms with E-state index in [1.165, 1.54) is 6.08 Å². The molecule has 0 saturated heterocycles. The van der Waals surface area contributed by atoms with E-state index >= 15 is 0 Å². The molecule has 1 atom stereocenters. The number of hydrogen-bond acceptors (Lipinski definition) is 3. The molecule has 0 saturated carbocycles. The number of benzene rings is 2. The van der Waals surface area contributed by atoms with Gasteiger partial charge >= 0.3 is 0 Å². The Morgan fingerprint density at radius 2 is 1.95 bits per heavy atom. The number of ether oxygens (including phenoxy) is 1. The van der Waals surface area contributed by atoms with Gasteiger partial charge in [-0.25, -0.2) is 0 Å². The van der Waals surface area contributed by atoms with Gasteiger partial charge < -0.3 is 9.84 Å². The third kappa shape index (κ3) is 3.25. The molecule has 0 unspecified atom stereocenters. The number of fused-ring (bicyclic) bond motifs is 1. The van der Waals surface area contributed by atoms with E-state index < -0.39 is 6.10 Å². The molecule has 1 N–H and O–H groups in total. The van der Waals surface area contributed by atoms with Gasteiger partial charge in [-0.1, -0.05) is 24.3 Å². The Balaban J connectivity index is 2.25. The average Bonchev–Trinajstić information content (AvgIpc) is 2.46. The Morgan fingerprint density at radius 3 is 2.65 bits per heavy atom. The average molecular weight is 270 g/mol. The lowest BCUT2D eigenvalue weighted by atomic mass is 10.00. The number of aliphatic hydroxyl groups is 1. The van der Waals surface area contributed by atoms with Crippen molar-refractivity contribution in [3.05, 3.63) is 54.1 Å². The first-order chi connectivity index (χ1) is 9.63. The second-order valence-electron chi connectivity index (χ2n) is 4.66. The molecule has 0 fully saturated rings. The topological polar surface area (TPSA) is 46.5 Å². The summed E-state index contributed by atoms with van der Waals surface area (Å²) >= 11 is 0. The molecule has 0 aliphatic carbocycles. The van der Waals surface area contributed by atoms with Gasteiger partial charge in [0.25, 0.3) is 0 Å². The zero-order chi connectivity index (χ0) is 14.5. The number of aliphatic hydroxyl groups excluding tert-OH is 1. The van der Waals surface area contributed by atoms with E-state index in [1.54, 1.807) is 20.1 Å². The fraction of sp³-hybridized carbons (Fsp3) is 0.235. The maximum Gasteiger partial charge on any atom is 0.158 e. The molecule has 2 rings (SSSR count). The number of rotatable bonds is 5. The van der Waals surface area contributed by atoms with Crippen molar-refractivity contribution in [2.24, 2.45) is 0 Å². The monoisotopic (exact) mass is 270 g/mol. The minimum absolute atomic E-state index is 0.0742. The Bertz CT molecular complexity index is 644. The van der Waals surface area contributed by atoms with Crippen LogP contribution in [0.1, 0.15) is 25.0 Å². The van der Waals surface area contributed by atoms with Crippen LogP contribution in [0.15, 0.2) is 48.6 Å². The van der Waals surface area contributed by atoms with Crippen molar-refractivity contribution in [3.63, 3.8) is 0 Å². The van der Waals surface area contributed by atoms with Gasteiger partial charge in [0.15, 0.2) is 5.78 Å². The molecule has 0 spiro atoms. The first-order valence-corrected chi connectivity index (χ1v) is 6.55. The van der Waals surface area contributed by atoms with Crippen LogP contribution in [-0.4, -0.2) is 18.0 Å². The largest absolute Gasteiger partial charge is 0.497 e. The number of methoxy groups -OCH3 is 1. The van der Waals surface area contributed by atoms with Crippen LogP contribution in [0.4, 0.5) is 0 Å². The molecule has 0 aromatic heterocycles. The zero-order valence-corrected chi connectivity index (χ0v) is 11.7. The van der Waals surface area contributed by atoms with Gasteiger partial charge in [-0.2, -0.15) is 0 Å². The number of ketones is 1. The summed E-state index contributed by atoms with van der Waals surface area (Å²) in [7, 11) is 1.63. The van der Waals surface area contributed by atoms with Crippen LogP contribution < -0.4 is 4.74 Å². The molecule has 104 valence electrons. The van der Waals surface area contributed by atoms with Crippen molar-refractivity contribution in [1.82, 2.24) is 0 Å². The molecule has 20 heavy (non-hydrogen) atoms. The molecule has 2 aromatic carbocycles. The number of allylic oxidation sites excluding steroid dienone is 2. The standard InChI is InChI=1S/C17H18O3/c1-3-4-15(18)11-17(19)14-6-5-13-10-16(20-2)8-7-12(13)9-14/h3-10,17,19H,11H2,1-2H3/b4-3+/t17-/m0/s1. The highest BCUT2D eigenvalue weighted by atomic mass is 16.5. The van der Waals surface area contributed by atoms with Crippen molar-refractivity contribution < 1.29 is 14.6 Å². The molecule has 0 radical (unpaired) electrons. The first kappa shape index (κ1) is 14.3. The van der Waals surface area contributed by atoms with Gasteiger partial charge in [-0.3, -0.25) is 4.79 Å². The van der Waals surface area contributed by atoms with Crippen LogP contribution in [0.3, 0.4) is 0 Å². The molecule has 0 amide bonds. The smallest absolute Gasteiger partial charge is 0.158 e. The quantitative estimate of drug-likeness (QED) is 0.847. The molecular weight excluding hydrogens is 252 g/mol. The van der Waals surface area contributed by atoms with Gasteiger partial charge in [0.05, 0.1) is 13.2 Å². The highest BCUT2D eigenvalue weighted by molar-refractivity contribution is 5.90. The second-order valence-corrected chi connectivity index (χ2v) is 4.66. The van der Waals surface area contributed by atoms with Crippen molar-refractivity contribution >= 4 is 16.6 Å². The van der Waals surface area contributed by atoms with Crippen LogP contribution in [-0.2, 0) is 4.79 Å². The third-order valence-electron chi connectivity index (χ3n) is 3.20. The van der Waals surface area contributed by atoms with Gasteiger partial charge in [-0.05, 0) is 47.5 Å². The van der Waals surface area contributed by atoms with Crippen molar-refractivity contribution in [1.29, 1.82) is 0 Å². The Labute approximate surface area is 118 Å². The summed E-state index contributed by atoms with van der Waals surface area (Å²) in [4.78, 5) is 11.5. The van der Waals surface area contributed by atoms with E-state index in [1.807, 2.05) is 36.4 Å². The minimum Gasteiger partial charge on any atom is -0.497 e. The Kier molecular flexibility index (Phi) is 4.53. The first-order valence-electron chi connectivity index (χ1n) is 6.55. The molecule has 0 bridgehead atoms. The molecule has 0 aliphatic rings. The SMILES string of the molecule is C/C=C/C(=O)C[C@H](O)c1ccc2cc(OC)ccc2c1. The van der Waals surface area contributed by atoms with Crippen molar-refractivity contribution in [2.45, 2.75) is 19.4 Å². The summed E-state index contributed by atoms with van der Waals surface area (Å²) < 4.78 is 5.18. The maximum absolute atomic E-state index is 11.5. The van der Waals surface area contributed by atoms with Crippen LogP contribution in [0.2, 0.25) is 0 Å². The highest BCUT2D eigenvalue weighted by Gasteiger charge is 2.11. The predicted octanol–water partition coefficient (Wildman–Crippen LogP) is 3.42. The number of carbonyl (C=O) groups is 1. The molecular formula is C17H18O3. The summed E-state index contributed by atoms with van der Waals surface area (Å²) in [6, 6.07) is 11.4. The number of carbonyl (C=O) groups excluding carboxylic acids is 1. The summed E-state index contributed by atoms with van der Waals surface area (Å²) in [5, 5.41) is 12.2. The van der Waals surface area contributed by atoms with Crippen LogP contribution in [0.5, 0.6) is 5.75 Å². The molecule has 0 heterocycles. The summed E-state index contributed by atoms with van der Waals surface area (Å²) in [5.74, 6) is 0.726. The van der Waals surface area contributed by atoms with E-state index in [2.05, 4.69) is 0 Å². The minimum atomic E-state index is -0.773. The van der Waals surface area contributed by atoms with Crippen LogP contribution >= 0.6 is 0 Å². The Morgan fingerprint density at radius 1 is 1.25 bits per heavy atom. The fourth-order valence-corrected chi connectivity index (χ4v) is 2.14. The van der Waals surface area contributed by atoms with Gasteiger partial charge in [0.1, 0.15) is 5.75 Å². The maximum atomic E-state index is 11.5. The zero-order valence-electron chi connectivity index (χ0n) is 11.7. The summed E-state index contributed by atoms with van der Waals surface area (Å²) in [6.07, 6.45) is 2.49. The molecule has 3 heteroatoms. The lowest BCUT2D eigenvalue weighted by molar-refractivity contribution is -0.116. The van der Waals surface area contributed by atoms with E-state index in [0.29, 0.717) is 0 Å². The fourth-order valence-electron chi connectivity index (χ4n) is 2.14. The third-order valence-corrected chi connectivity index (χ3v) is 3.20. The van der Waals surface area contributed by atoms with Gasteiger partial charge in [-0.15, -0.1) is 0 Å². The lowest BCUT2D eigenvalue weighted by Crippen LogP contribution is -2.04. The van der Waals surface area contributed by atoms with E-state index in [-0.39, 0.29) is 12.2 Å². The molecule has 3 nitrogen and oxygen atoms in total. The van der Waals surface area contributed by atoms with Gasteiger partial charge in [0.2, 0.25) is 0 Å². The van der Waals surface area contributed by atoms with E-state index in [9.17, 15) is 9.90 Å². The van der Waals surface area contributed by atoms with E-state index in [4.69, 9.17) is 4.74 Å². The van der Waals surface area contributed by atoms with Crippen LogP contribution in [0, 0.1) is 0 Å². The lowest BCUT2D eigenvalue weighted by Gasteiger charge is -2.10. The van der Waals surface area contributed by atoms with Crippen LogP contribution in [0.25, 0.3) is 10.8 Å². The molecule has 2 aromatic rings. The van der Waals surface area contributed by atoms with Gasteiger partial charge in [0, 0.05) is 6.42 Å². The van der Waals surface area contributed by atoms with E-state index in [0.717, 1.165) is 22.1 Å². The van der Waals surface area contributed by atoms with Crippen molar-refractivity contribution in [3.8, 4) is 5.75 Å². The summed E-state index contributed by atoms with van der Waals surface area (Å²) in [6.45, 7) is 1.79. The summed E-state index contributed by atoms with van der Waals surface area (Å²) in [5.41, 5.74) is 0.750. The normalized spacial score (nSPS) is 12.8. The predicted molar refractivity (Wildman–Crippen MR) is 79.9 cm³/mol. The molecule has 0 aliphatic heterocycles. The second kappa shape index (κ2) is 6.35. The Hall–Kier alpha value is -2.13. The number of hydrogen-bond donors (Lipinski definition) is 1. The highest BCUT2D eigenvalue weighted by Crippen LogP contribution is 2.25.